The summed E-state index contributed by atoms with van der Waals surface area (Å²) in [6, 6.07) is 0. The lowest BCUT2D eigenvalue weighted by Crippen LogP contribution is -2.33. The zero-order valence-electron chi connectivity index (χ0n) is 9.27. The Morgan fingerprint density at radius 3 is 1.92 bits per heavy atom. The zero-order chi connectivity index (χ0) is 9.40. The lowest BCUT2D eigenvalue weighted by atomic mass is 9.95. The summed E-state index contributed by atoms with van der Waals surface area (Å²) >= 11 is 0. The Balaban J connectivity index is 0.000000561. The Morgan fingerprint density at radius 1 is 1.08 bits per heavy atom. The maximum absolute atomic E-state index is 2.55. The first-order valence-electron chi connectivity index (χ1n) is 5.59. The molecule has 0 spiro atoms. The molecule has 1 heterocycles. The van der Waals surface area contributed by atoms with E-state index in [1.807, 2.05) is 13.8 Å². The van der Waals surface area contributed by atoms with Crippen LogP contribution in [-0.2, 0) is 0 Å². The van der Waals surface area contributed by atoms with Crippen LogP contribution in [0.15, 0.2) is 0 Å². The van der Waals surface area contributed by atoms with Crippen molar-refractivity contribution in [2.24, 2.45) is 5.92 Å². The van der Waals surface area contributed by atoms with Gasteiger partial charge in [-0.1, -0.05) is 34.1 Å². The van der Waals surface area contributed by atoms with Crippen LogP contribution in [-0.4, -0.2) is 24.5 Å². The van der Waals surface area contributed by atoms with E-state index in [-0.39, 0.29) is 0 Å². The summed E-state index contributed by atoms with van der Waals surface area (Å²) in [5.41, 5.74) is 0. The predicted octanol–water partition coefficient (Wildman–Crippen LogP) is 3.15. The second kappa shape index (κ2) is 7.60. The molecular formula is C11H25N. The van der Waals surface area contributed by atoms with Crippen molar-refractivity contribution in [3.8, 4) is 0 Å². The number of likely N-dealkylation sites (tertiary alicyclic amines) is 1. The van der Waals surface area contributed by atoms with Crippen molar-refractivity contribution in [1.82, 2.24) is 4.90 Å². The molecule has 1 fully saturated rings. The van der Waals surface area contributed by atoms with Crippen LogP contribution in [0.5, 0.6) is 0 Å². The molecule has 12 heavy (non-hydrogen) atoms. The lowest BCUT2D eigenvalue weighted by Gasteiger charge is -2.30. The summed E-state index contributed by atoms with van der Waals surface area (Å²) in [4.78, 5) is 2.55. The van der Waals surface area contributed by atoms with Gasteiger partial charge in [0.1, 0.15) is 0 Å². The fourth-order valence-corrected chi connectivity index (χ4v) is 1.71. The van der Waals surface area contributed by atoms with Crippen LogP contribution in [0.3, 0.4) is 0 Å². The molecule has 1 saturated heterocycles. The van der Waals surface area contributed by atoms with Gasteiger partial charge in [0.2, 0.25) is 0 Å². The van der Waals surface area contributed by atoms with Gasteiger partial charge in [-0.25, -0.2) is 0 Å². The summed E-state index contributed by atoms with van der Waals surface area (Å²) in [6.07, 6.45) is 4.26. The Hall–Kier alpha value is -0.0400. The molecule has 1 aliphatic heterocycles. The van der Waals surface area contributed by atoms with Crippen molar-refractivity contribution < 1.29 is 0 Å². The maximum atomic E-state index is 2.55. The highest BCUT2D eigenvalue weighted by molar-refractivity contribution is 4.69. The van der Waals surface area contributed by atoms with Gasteiger partial charge in [-0.3, -0.25) is 0 Å². The van der Waals surface area contributed by atoms with E-state index in [9.17, 15) is 0 Å². The largest absolute Gasteiger partial charge is 0.304 e. The number of hydrogen-bond donors (Lipinski definition) is 0. The first-order valence-corrected chi connectivity index (χ1v) is 5.59. The molecule has 0 unspecified atom stereocenters. The third-order valence-corrected chi connectivity index (χ3v) is 2.73. The molecule has 1 heteroatoms. The third kappa shape index (κ3) is 4.10. The van der Waals surface area contributed by atoms with Crippen molar-refractivity contribution >= 4 is 0 Å². The first kappa shape index (κ1) is 12.0. The van der Waals surface area contributed by atoms with Crippen molar-refractivity contribution in [3.63, 3.8) is 0 Å². The second-order valence-electron chi connectivity index (χ2n) is 3.29. The SMILES string of the molecule is CC.CCC1CCN(CC)CC1. The highest BCUT2D eigenvalue weighted by atomic mass is 15.1. The van der Waals surface area contributed by atoms with Gasteiger partial charge in [0.05, 0.1) is 0 Å². The highest BCUT2D eigenvalue weighted by Crippen LogP contribution is 2.19. The van der Waals surface area contributed by atoms with E-state index >= 15 is 0 Å². The van der Waals surface area contributed by atoms with Gasteiger partial charge in [0.15, 0.2) is 0 Å². The van der Waals surface area contributed by atoms with Gasteiger partial charge in [-0.2, -0.15) is 0 Å². The molecule has 0 saturated carbocycles. The van der Waals surface area contributed by atoms with Gasteiger partial charge < -0.3 is 4.90 Å². The highest BCUT2D eigenvalue weighted by Gasteiger charge is 2.15. The third-order valence-electron chi connectivity index (χ3n) is 2.73. The van der Waals surface area contributed by atoms with Crippen molar-refractivity contribution in [3.05, 3.63) is 0 Å². The standard InChI is InChI=1S/C9H19N.C2H6/c1-3-9-5-7-10(4-2)8-6-9;1-2/h9H,3-8H2,1-2H3;1-2H3. The number of piperidine rings is 1. The minimum Gasteiger partial charge on any atom is -0.304 e. The Kier molecular flexibility index (Phi) is 7.58. The molecule has 0 amide bonds. The van der Waals surface area contributed by atoms with Crippen LogP contribution in [0.25, 0.3) is 0 Å². The van der Waals surface area contributed by atoms with E-state index in [1.165, 1.54) is 38.9 Å². The second-order valence-corrected chi connectivity index (χ2v) is 3.29. The average Bonchev–Trinajstić information content (AvgIpc) is 2.21. The summed E-state index contributed by atoms with van der Waals surface area (Å²) in [5, 5.41) is 0. The number of nitrogens with zero attached hydrogens (tertiary/aromatic N) is 1. The molecule has 0 N–H and O–H groups in total. The van der Waals surface area contributed by atoms with E-state index in [0.717, 1.165) is 5.92 Å². The molecule has 0 bridgehead atoms. The quantitative estimate of drug-likeness (QED) is 0.617. The fourth-order valence-electron chi connectivity index (χ4n) is 1.71. The van der Waals surface area contributed by atoms with E-state index in [0.29, 0.717) is 0 Å². The van der Waals surface area contributed by atoms with Crippen LogP contribution >= 0.6 is 0 Å². The van der Waals surface area contributed by atoms with Gasteiger partial charge in [0, 0.05) is 0 Å². The number of rotatable bonds is 2. The van der Waals surface area contributed by atoms with Gasteiger partial charge in [-0.05, 0) is 38.4 Å². The predicted molar refractivity (Wildman–Crippen MR) is 56.5 cm³/mol. The Bertz CT molecular complexity index is 71.0. The number of hydrogen-bond acceptors (Lipinski definition) is 1. The van der Waals surface area contributed by atoms with Crippen molar-refractivity contribution in [2.75, 3.05) is 19.6 Å². The molecule has 0 aromatic carbocycles. The van der Waals surface area contributed by atoms with Gasteiger partial charge >= 0.3 is 0 Å². The van der Waals surface area contributed by atoms with Gasteiger partial charge in [-0.15, -0.1) is 0 Å². The van der Waals surface area contributed by atoms with Crippen LogP contribution in [0.2, 0.25) is 0 Å². The normalized spacial score (nSPS) is 20.0. The molecule has 0 atom stereocenters. The van der Waals surface area contributed by atoms with Crippen molar-refractivity contribution in [2.45, 2.75) is 47.0 Å². The molecule has 0 aromatic heterocycles. The molecule has 0 aromatic rings. The van der Waals surface area contributed by atoms with Gasteiger partial charge in [0.25, 0.3) is 0 Å². The summed E-state index contributed by atoms with van der Waals surface area (Å²) < 4.78 is 0. The Morgan fingerprint density at radius 2 is 1.58 bits per heavy atom. The molecule has 1 nitrogen and oxygen atoms in total. The first-order chi connectivity index (χ1) is 5.86. The summed E-state index contributed by atoms with van der Waals surface area (Å²) in [6.45, 7) is 12.5. The summed E-state index contributed by atoms with van der Waals surface area (Å²) in [7, 11) is 0. The molecular weight excluding hydrogens is 146 g/mol. The van der Waals surface area contributed by atoms with Crippen LogP contribution in [0.1, 0.15) is 47.0 Å². The average molecular weight is 171 g/mol. The minimum absolute atomic E-state index is 1.03. The zero-order valence-corrected chi connectivity index (χ0v) is 9.27. The maximum Gasteiger partial charge on any atom is -0.00162 e. The molecule has 1 rings (SSSR count). The van der Waals surface area contributed by atoms with Crippen LogP contribution in [0, 0.1) is 5.92 Å². The van der Waals surface area contributed by atoms with Crippen molar-refractivity contribution in [1.29, 1.82) is 0 Å². The monoisotopic (exact) mass is 171 g/mol. The minimum atomic E-state index is 1.03. The van der Waals surface area contributed by atoms with E-state index in [4.69, 9.17) is 0 Å². The van der Waals surface area contributed by atoms with E-state index in [2.05, 4.69) is 18.7 Å². The van der Waals surface area contributed by atoms with Crippen LogP contribution in [0.4, 0.5) is 0 Å². The smallest absolute Gasteiger partial charge is 0.00162 e. The molecule has 0 radical (unpaired) electrons. The topological polar surface area (TPSA) is 3.24 Å². The molecule has 0 aliphatic carbocycles. The van der Waals surface area contributed by atoms with E-state index in [1.54, 1.807) is 0 Å². The Labute approximate surface area is 78.1 Å². The summed E-state index contributed by atoms with van der Waals surface area (Å²) in [5.74, 6) is 1.03. The fraction of sp³-hybridized carbons (Fsp3) is 1.00. The molecule has 74 valence electrons. The molecule has 1 aliphatic rings. The lowest BCUT2D eigenvalue weighted by molar-refractivity contribution is 0.190. The van der Waals surface area contributed by atoms with Crippen LogP contribution < -0.4 is 0 Å². The van der Waals surface area contributed by atoms with E-state index < -0.39 is 0 Å².